The van der Waals surface area contributed by atoms with E-state index in [1.807, 2.05) is 0 Å². The third-order valence-electron chi connectivity index (χ3n) is 5.62. The number of anilines is 3. The molecule has 0 saturated carbocycles. The molecule has 0 atom stereocenters. The van der Waals surface area contributed by atoms with Crippen LogP contribution in [0.5, 0.6) is 11.5 Å². The third-order valence-corrected chi connectivity index (χ3v) is 5.97. The smallest absolute Gasteiger partial charge is 0.337 e. The molecule has 0 radical (unpaired) electrons. The van der Waals surface area contributed by atoms with Crippen LogP contribution in [0.3, 0.4) is 0 Å². The fraction of sp³-hybridized carbons (Fsp3) is 0.111. The Bertz CT molecular complexity index is 1470. The minimum Gasteiger partial charge on any atom is -0.497 e. The highest BCUT2D eigenvalue weighted by Gasteiger charge is 2.39. The number of ether oxygens (including phenoxy) is 3. The Labute approximate surface area is 222 Å². The number of hydrogen-bond donors (Lipinski definition) is 2. The number of imide groups is 1. The lowest BCUT2D eigenvalue weighted by atomic mass is 10.1. The van der Waals surface area contributed by atoms with Gasteiger partial charge in [-0.1, -0.05) is 17.7 Å². The molecule has 1 heterocycles. The lowest BCUT2D eigenvalue weighted by Gasteiger charge is -2.16. The van der Waals surface area contributed by atoms with Gasteiger partial charge in [-0.3, -0.25) is 14.4 Å². The van der Waals surface area contributed by atoms with Gasteiger partial charge >= 0.3 is 5.97 Å². The molecule has 0 unspecified atom stereocenters. The summed E-state index contributed by atoms with van der Waals surface area (Å²) >= 11 is 6.20. The average Bonchev–Trinajstić information content (AvgIpc) is 3.15. The topological polar surface area (TPSA) is 123 Å². The summed E-state index contributed by atoms with van der Waals surface area (Å²) < 4.78 is 15.2. The Morgan fingerprint density at radius 2 is 1.58 bits per heavy atom. The number of carbonyl (C=O) groups excluding carboxylic acids is 4. The zero-order chi connectivity index (χ0) is 27.4. The first kappa shape index (κ1) is 26.2. The molecule has 3 amide bonds. The molecule has 0 aromatic heterocycles. The van der Waals surface area contributed by atoms with E-state index in [1.165, 1.54) is 57.7 Å². The molecule has 3 aromatic carbocycles. The molecule has 194 valence electrons. The Hall–Kier alpha value is -4.83. The fourth-order valence-corrected chi connectivity index (χ4v) is 3.90. The summed E-state index contributed by atoms with van der Waals surface area (Å²) in [5.41, 5.74) is 1.37. The van der Waals surface area contributed by atoms with Gasteiger partial charge in [0.15, 0.2) is 0 Å². The van der Waals surface area contributed by atoms with E-state index in [0.717, 1.165) is 4.90 Å². The maximum absolute atomic E-state index is 13.1. The van der Waals surface area contributed by atoms with Crippen molar-refractivity contribution in [2.75, 3.05) is 36.9 Å². The van der Waals surface area contributed by atoms with Gasteiger partial charge in [-0.25, -0.2) is 9.69 Å². The van der Waals surface area contributed by atoms with E-state index in [4.69, 9.17) is 25.8 Å². The quantitative estimate of drug-likeness (QED) is 0.325. The van der Waals surface area contributed by atoms with Gasteiger partial charge in [0.2, 0.25) is 0 Å². The molecule has 1 aliphatic rings. The number of benzene rings is 3. The molecule has 38 heavy (non-hydrogen) atoms. The van der Waals surface area contributed by atoms with Crippen molar-refractivity contribution in [2.24, 2.45) is 0 Å². The van der Waals surface area contributed by atoms with Crippen molar-refractivity contribution in [1.82, 2.24) is 0 Å². The van der Waals surface area contributed by atoms with E-state index in [9.17, 15) is 19.2 Å². The van der Waals surface area contributed by atoms with Crippen molar-refractivity contribution in [3.05, 3.63) is 88.6 Å². The maximum Gasteiger partial charge on any atom is 0.337 e. The van der Waals surface area contributed by atoms with Crippen molar-refractivity contribution in [1.29, 1.82) is 0 Å². The van der Waals surface area contributed by atoms with Crippen molar-refractivity contribution < 1.29 is 33.4 Å². The maximum atomic E-state index is 13.1. The number of rotatable bonds is 8. The van der Waals surface area contributed by atoms with Crippen LogP contribution in [-0.2, 0) is 14.3 Å². The van der Waals surface area contributed by atoms with Crippen molar-refractivity contribution in [3.63, 3.8) is 0 Å². The Morgan fingerprint density at radius 1 is 0.842 bits per heavy atom. The summed E-state index contributed by atoms with van der Waals surface area (Å²) in [4.78, 5) is 51.3. The summed E-state index contributed by atoms with van der Waals surface area (Å²) in [7, 11) is 4.23. The summed E-state index contributed by atoms with van der Waals surface area (Å²) in [5.74, 6) is -1.45. The van der Waals surface area contributed by atoms with Crippen LogP contribution >= 0.6 is 11.6 Å². The number of esters is 1. The van der Waals surface area contributed by atoms with Gasteiger partial charge in [-0.15, -0.1) is 0 Å². The number of nitrogens with one attached hydrogen (secondary N) is 2. The fourth-order valence-electron chi connectivity index (χ4n) is 3.69. The molecule has 1 aliphatic heterocycles. The van der Waals surface area contributed by atoms with Gasteiger partial charge in [-0.05, 0) is 54.6 Å². The zero-order valence-corrected chi connectivity index (χ0v) is 21.3. The van der Waals surface area contributed by atoms with E-state index < -0.39 is 23.7 Å². The number of amides is 3. The Balaban J connectivity index is 1.49. The van der Waals surface area contributed by atoms with Gasteiger partial charge in [0.05, 0.1) is 38.3 Å². The molecule has 3 aromatic rings. The number of methoxy groups -OCH3 is 3. The molecular formula is C27H22ClN3O7. The second kappa shape index (κ2) is 11.1. The lowest BCUT2D eigenvalue weighted by molar-refractivity contribution is -0.120. The Morgan fingerprint density at radius 3 is 2.24 bits per heavy atom. The first-order chi connectivity index (χ1) is 18.3. The molecule has 0 aliphatic carbocycles. The van der Waals surface area contributed by atoms with Gasteiger partial charge in [-0.2, -0.15) is 0 Å². The molecule has 0 spiro atoms. The zero-order valence-electron chi connectivity index (χ0n) is 20.5. The normalized spacial score (nSPS) is 12.9. The van der Waals surface area contributed by atoms with Gasteiger partial charge in [0, 0.05) is 17.3 Å². The van der Waals surface area contributed by atoms with Crippen LogP contribution in [0.1, 0.15) is 20.7 Å². The van der Waals surface area contributed by atoms with E-state index in [1.54, 1.807) is 30.3 Å². The highest BCUT2D eigenvalue weighted by molar-refractivity contribution is 6.53. The molecule has 0 saturated heterocycles. The molecule has 4 rings (SSSR count). The first-order valence-electron chi connectivity index (χ1n) is 11.1. The minimum atomic E-state index is -0.746. The summed E-state index contributed by atoms with van der Waals surface area (Å²) in [6.07, 6.45) is 0. The minimum absolute atomic E-state index is 0.140. The van der Waals surface area contributed by atoms with E-state index in [-0.39, 0.29) is 22.0 Å². The molecule has 10 nitrogen and oxygen atoms in total. The second-order valence-electron chi connectivity index (χ2n) is 7.90. The Kier molecular flexibility index (Phi) is 7.63. The monoisotopic (exact) mass is 535 g/mol. The van der Waals surface area contributed by atoms with Gasteiger partial charge < -0.3 is 24.8 Å². The van der Waals surface area contributed by atoms with E-state index >= 15 is 0 Å². The highest BCUT2D eigenvalue weighted by Crippen LogP contribution is 2.32. The van der Waals surface area contributed by atoms with Crippen molar-refractivity contribution in [2.45, 2.75) is 0 Å². The van der Waals surface area contributed by atoms with Crippen LogP contribution < -0.4 is 25.0 Å². The number of halogens is 1. The molecule has 11 heteroatoms. The summed E-state index contributed by atoms with van der Waals surface area (Å²) in [6.45, 7) is 0. The van der Waals surface area contributed by atoms with E-state index in [0.29, 0.717) is 28.4 Å². The largest absolute Gasteiger partial charge is 0.497 e. The van der Waals surface area contributed by atoms with Gasteiger partial charge in [0.1, 0.15) is 22.2 Å². The summed E-state index contributed by atoms with van der Waals surface area (Å²) in [6, 6.07) is 17.1. The number of hydrogen-bond acceptors (Lipinski definition) is 8. The van der Waals surface area contributed by atoms with Crippen molar-refractivity contribution >= 4 is 52.4 Å². The number of nitrogens with zero attached hydrogens (tertiary/aromatic N) is 1. The van der Waals surface area contributed by atoms with Crippen LogP contribution in [0.2, 0.25) is 0 Å². The molecular weight excluding hydrogens is 514 g/mol. The predicted octanol–water partition coefficient (Wildman–Crippen LogP) is 4.18. The van der Waals surface area contributed by atoms with Crippen molar-refractivity contribution in [3.8, 4) is 11.5 Å². The lowest BCUT2D eigenvalue weighted by Crippen LogP contribution is -2.32. The standard InChI is InChI=1S/C27H22ClN3O7/c1-36-19-11-12-21(37-2)20(14-19)30-24(32)15-7-9-17(10-8-15)29-23-22(28)25(33)31(26(23)34)18-6-4-5-16(13-18)27(35)38-3/h4-14,29H,1-3H3,(H,30,32). The predicted molar refractivity (Wildman–Crippen MR) is 141 cm³/mol. The molecule has 0 fully saturated rings. The van der Waals surface area contributed by atoms with Crippen LogP contribution in [0.4, 0.5) is 17.1 Å². The highest BCUT2D eigenvalue weighted by atomic mass is 35.5. The van der Waals surface area contributed by atoms with Crippen LogP contribution in [0, 0.1) is 0 Å². The number of carbonyl (C=O) groups is 4. The van der Waals surface area contributed by atoms with Crippen LogP contribution in [0.15, 0.2) is 77.5 Å². The van der Waals surface area contributed by atoms with Gasteiger partial charge in [0.25, 0.3) is 17.7 Å². The third kappa shape index (κ3) is 5.16. The van der Waals surface area contributed by atoms with Crippen LogP contribution in [-0.4, -0.2) is 45.0 Å². The average molecular weight is 536 g/mol. The second-order valence-corrected chi connectivity index (χ2v) is 8.28. The molecule has 0 bridgehead atoms. The van der Waals surface area contributed by atoms with E-state index in [2.05, 4.69) is 10.6 Å². The summed E-state index contributed by atoms with van der Waals surface area (Å²) in [5, 5.41) is 5.30. The molecule has 2 N–H and O–H groups in total. The first-order valence-corrected chi connectivity index (χ1v) is 11.5. The van der Waals surface area contributed by atoms with Crippen LogP contribution in [0.25, 0.3) is 0 Å². The SMILES string of the molecule is COC(=O)c1cccc(N2C(=O)C(Cl)=C(Nc3ccc(C(=O)Nc4cc(OC)ccc4OC)cc3)C2=O)c1.